The molecule has 0 spiro atoms. The van der Waals surface area contributed by atoms with Crippen LogP contribution in [-0.4, -0.2) is 33.9 Å². The van der Waals surface area contributed by atoms with Gasteiger partial charge in [-0.3, -0.25) is 4.68 Å². The molecule has 92 valence electrons. The van der Waals surface area contributed by atoms with Gasteiger partial charge in [-0.2, -0.15) is 16.9 Å². The molecule has 0 amide bonds. The van der Waals surface area contributed by atoms with Gasteiger partial charge in [-0.25, -0.2) is 0 Å². The highest BCUT2D eigenvalue weighted by Gasteiger charge is 2.09. The highest BCUT2D eigenvalue weighted by Crippen LogP contribution is 2.04. The largest absolute Gasteiger partial charge is 0.311 e. The Kier molecular flexibility index (Phi) is 6.57. The first-order chi connectivity index (χ1) is 7.76. The summed E-state index contributed by atoms with van der Waals surface area (Å²) in [5, 5.41) is 7.88. The molecule has 4 heteroatoms. The van der Waals surface area contributed by atoms with Crippen molar-refractivity contribution >= 4 is 11.8 Å². The van der Waals surface area contributed by atoms with Crippen molar-refractivity contribution in [3.63, 3.8) is 0 Å². The van der Waals surface area contributed by atoms with E-state index in [1.807, 2.05) is 34.9 Å². The van der Waals surface area contributed by atoms with Crippen LogP contribution in [0.25, 0.3) is 0 Å². The zero-order chi connectivity index (χ0) is 11.8. The van der Waals surface area contributed by atoms with Crippen molar-refractivity contribution in [2.75, 3.05) is 12.0 Å². The summed E-state index contributed by atoms with van der Waals surface area (Å²) in [5.74, 6) is 1.20. The number of aryl methyl sites for hydroxylation is 1. The smallest absolute Gasteiger partial charge is 0.0489 e. The van der Waals surface area contributed by atoms with E-state index in [0.29, 0.717) is 12.1 Å². The van der Waals surface area contributed by atoms with Crippen LogP contribution >= 0.6 is 11.8 Å². The third kappa shape index (κ3) is 5.03. The van der Waals surface area contributed by atoms with Gasteiger partial charge in [0.25, 0.3) is 0 Å². The number of hydrogen-bond donors (Lipinski definition) is 1. The van der Waals surface area contributed by atoms with Gasteiger partial charge < -0.3 is 5.32 Å². The first kappa shape index (κ1) is 13.6. The summed E-state index contributed by atoms with van der Waals surface area (Å²) in [5.41, 5.74) is 0. The topological polar surface area (TPSA) is 29.9 Å². The van der Waals surface area contributed by atoms with Gasteiger partial charge in [0.15, 0.2) is 0 Å². The summed E-state index contributed by atoms with van der Waals surface area (Å²) in [4.78, 5) is 0. The van der Waals surface area contributed by atoms with Crippen molar-refractivity contribution in [2.24, 2.45) is 0 Å². The molecule has 1 N–H and O–H groups in total. The lowest BCUT2D eigenvalue weighted by Crippen LogP contribution is -2.38. The van der Waals surface area contributed by atoms with E-state index in [9.17, 15) is 0 Å². The van der Waals surface area contributed by atoms with Crippen LogP contribution in [0.15, 0.2) is 18.5 Å². The molecule has 1 rings (SSSR count). The molecular weight excluding hydrogens is 218 g/mol. The molecule has 0 aromatic carbocycles. The molecule has 1 heterocycles. The minimum absolute atomic E-state index is 0.557. The third-order valence-corrected chi connectivity index (χ3v) is 3.47. The lowest BCUT2D eigenvalue weighted by Gasteiger charge is -2.21. The Labute approximate surface area is 103 Å². The molecule has 0 saturated carbocycles. The molecule has 0 saturated heterocycles. The van der Waals surface area contributed by atoms with E-state index >= 15 is 0 Å². The van der Waals surface area contributed by atoms with Crippen LogP contribution in [0.4, 0.5) is 0 Å². The second kappa shape index (κ2) is 7.74. The molecule has 3 nitrogen and oxygen atoms in total. The molecule has 0 radical (unpaired) electrons. The summed E-state index contributed by atoms with van der Waals surface area (Å²) in [6.45, 7) is 5.50. The van der Waals surface area contributed by atoms with E-state index in [1.165, 1.54) is 12.2 Å². The lowest BCUT2D eigenvalue weighted by molar-refractivity contribution is 0.413. The SMILES string of the molecule is CCC(CSC)NC(C)CCn1cccn1. The molecule has 0 fully saturated rings. The Morgan fingerprint density at radius 2 is 2.31 bits per heavy atom. The average molecular weight is 241 g/mol. The molecule has 0 aliphatic carbocycles. The van der Waals surface area contributed by atoms with Crippen LogP contribution in [0.2, 0.25) is 0 Å². The summed E-state index contributed by atoms with van der Waals surface area (Å²) >= 11 is 1.91. The van der Waals surface area contributed by atoms with Crippen molar-refractivity contribution in [1.82, 2.24) is 15.1 Å². The third-order valence-electron chi connectivity index (χ3n) is 2.73. The number of thioether (sulfide) groups is 1. The zero-order valence-electron chi connectivity index (χ0n) is 10.5. The summed E-state index contributed by atoms with van der Waals surface area (Å²) in [6, 6.07) is 3.17. The second-order valence-corrected chi connectivity index (χ2v) is 5.10. The molecule has 0 aliphatic heterocycles. The van der Waals surface area contributed by atoms with E-state index in [2.05, 4.69) is 30.5 Å². The van der Waals surface area contributed by atoms with Gasteiger partial charge in [-0.1, -0.05) is 6.92 Å². The molecule has 1 aromatic rings. The Morgan fingerprint density at radius 1 is 1.50 bits per heavy atom. The predicted octanol–water partition coefficient (Wildman–Crippen LogP) is 2.39. The van der Waals surface area contributed by atoms with Crippen LogP contribution in [0.1, 0.15) is 26.7 Å². The van der Waals surface area contributed by atoms with Crippen molar-refractivity contribution in [3.8, 4) is 0 Å². The highest BCUT2D eigenvalue weighted by molar-refractivity contribution is 7.98. The summed E-state index contributed by atoms with van der Waals surface area (Å²) in [6.07, 6.45) is 8.35. The van der Waals surface area contributed by atoms with Crippen LogP contribution in [0.3, 0.4) is 0 Å². The van der Waals surface area contributed by atoms with Crippen molar-refractivity contribution in [3.05, 3.63) is 18.5 Å². The standard InChI is InChI=1S/C12H23N3S/c1-4-12(10-16-3)14-11(2)6-9-15-8-5-7-13-15/h5,7-8,11-12,14H,4,6,9-10H2,1-3H3. The van der Waals surface area contributed by atoms with Crippen LogP contribution in [0.5, 0.6) is 0 Å². The number of nitrogens with one attached hydrogen (secondary N) is 1. The number of hydrogen-bond acceptors (Lipinski definition) is 3. The van der Waals surface area contributed by atoms with E-state index in [1.54, 1.807) is 0 Å². The fraction of sp³-hybridized carbons (Fsp3) is 0.750. The Bertz CT molecular complexity index is 261. The average Bonchev–Trinajstić information content (AvgIpc) is 2.78. The maximum absolute atomic E-state index is 4.21. The van der Waals surface area contributed by atoms with Gasteiger partial charge in [0.05, 0.1) is 0 Å². The number of nitrogens with zero attached hydrogens (tertiary/aromatic N) is 2. The minimum Gasteiger partial charge on any atom is -0.311 e. The molecule has 2 atom stereocenters. The van der Waals surface area contributed by atoms with E-state index < -0.39 is 0 Å². The van der Waals surface area contributed by atoms with Crippen molar-refractivity contribution < 1.29 is 0 Å². The highest BCUT2D eigenvalue weighted by atomic mass is 32.2. The van der Waals surface area contributed by atoms with Gasteiger partial charge in [0.1, 0.15) is 0 Å². The minimum atomic E-state index is 0.557. The Morgan fingerprint density at radius 3 is 2.88 bits per heavy atom. The zero-order valence-corrected chi connectivity index (χ0v) is 11.3. The monoisotopic (exact) mass is 241 g/mol. The fourth-order valence-corrected chi connectivity index (χ4v) is 2.46. The molecule has 16 heavy (non-hydrogen) atoms. The molecule has 2 unspecified atom stereocenters. The van der Waals surface area contributed by atoms with E-state index in [-0.39, 0.29) is 0 Å². The van der Waals surface area contributed by atoms with Gasteiger partial charge in [-0.15, -0.1) is 0 Å². The van der Waals surface area contributed by atoms with Crippen molar-refractivity contribution in [1.29, 1.82) is 0 Å². The van der Waals surface area contributed by atoms with Gasteiger partial charge >= 0.3 is 0 Å². The Balaban J connectivity index is 2.21. The summed E-state index contributed by atoms with van der Waals surface area (Å²) < 4.78 is 1.99. The number of aromatic nitrogens is 2. The first-order valence-electron chi connectivity index (χ1n) is 5.98. The van der Waals surface area contributed by atoms with E-state index in [4.69, 9.17) is 0 Å². The fourth-order valence-electron chi connectivity index (χ4n) is 1.73. The van der Waals surface area contributed by atoms with Crippen LogP contribution < -0.4 is 5.32 Å². The van der Waals surface area contributed by atoms with Crippen LogP contribution in [0, 0.1) is 0 Å². The second-order valence-electron chi connectivity index (χ2n) is 4.19. The van der Waals surface area contributed by atoms with E-state index in [0.717, 1.165) is 13.0 Å². The molecule has 0 bridgehead atoms. The summed E-state index contributed by atoms with van der Waals surface area (Å²) in [7, 11) is 0. The van der Waals surface area contributed by atoms with Crippen molar-refractivity contribution in [2.45, 2.75) is 45.3 Å². The van der Waals surface area contributed by atoms with Gasteiger partial charge in [-0.05, 0) is 32.1 Å². The normalized spacial score (nSPS) is 14.9. The maximum atomic E-state index is 4.21. The van der Waals surface area contributed by atoms with Gasteiger partial charge in [0, 0.05) is 36.8 Å². The van der Waals surface area contributed by atoms with Gasteiger partial charge in [0.2, 0.25) is 0 Å². The number of rotatable bonds is 8. The maximum Gasteiger partial charge on any atom is 0.0489 e. The predicted molar refractivity (Wildman–Crippen MR) is 71.9 cm³/mol. The van der Waals surface area contributed by atoms with Crippen LogP contribution in [-0.2, 0) is 6.54 Å². The Hall–Kier alpha value is -0.480. The quantitative estimate of drug-likeness (QED) is 0.758. The molecule has 1 aromatic heterocycles. The lowest BCUT2D eigenvalue weighted by atomic mass is 10.2. The molecule has 0 aliphatic rings. The first-order valence-corrected chi connectivity index (χ1v) is 7.38. The molecular formula is C12H23N3S.